The van der Waals surface area contributed by atoms with Crippen LogP contribution in [0.1, 0.15) is 13.8 Å². The zero-order chi connectivity index (χ0) is 7.56. The molecule has 3 heteroatoms. The first-order chi connectivity index (χ1) is 4.70. The minimum atomic E-state index is -0.0532. The number of nitrogens with one attached hydrogen (secondary N) is 1. The molecule has 1 unspecified atom stereocenters. The second-order valence-electron chi connectivity index (χ2n) is 2.62. The average molecular weight is 156 g/mol. The van der Waals surface area contributed by atoms with Crippen molar-refractivity contribution in [2.75, 3.05) is 0 Å². The fraction of sp³-hybridized carbons (Fsp3) is 0.571. The first-order valence-electron chi connectivity index (χ1n) is 3.37. The third-order valence-electron chi connectivity index (χ3n) is 1.43. The average Bonchev–Trinajstić information content (AvgIpc) is 1.88. The van der Waals surface area contributed by atoms with E-state index in [1.54, 1.807) is 0 Å². The molecule has 1 heterocycles. The van der Waals surface area contributed by atoms with E-state index in [0.29, 0.717) is 5.92 Å². The predicted molar refractivity (Wildman–Crippen MR) is 47.3 cm³/mol. The quantitative estimate of drug-likeness (QED) is 0.551. The van der Waals surface area contributed by atoms with E-state index in [9.17, 15) is 0 Å². The Hall–Kier alpha value is -0.440. The highest BCUT2D eigenvalue weighted by Gasteiger charge is 2.05. The van der Waals surface area contributed by atoms with Crippen LogP contribution in [0.15, 0.2) is 16.8 Å². The summed E-state index contributed by atoms with van der Waals surface area (Å²) < 4.78 is 0. The van der Waals surface area contributed by atoms with Crippen LogP contribution in [0.25, 0.3) is 0 Å². The molecule has 0 aromatic heterocycles. The Labute approximate surface area is 66.8 Å². The zero-order valence-corrected chi connectivity index (χ0v) is 7.10. The fourth-order valence-corrected chi connectivity index (χ4v) is 0.865. The lowest BCUT2D eigenvalue weighted by Crippen LogP contribution is -2.21. The lowest BCUT2D eigenvalue weighted by atomic mass is 10.1. The monoisotopic (exact) mass is 156 g/mol. The van der Waals surface area contributed by atoms with E-state index in [1.165, 1.54) is 5.57 Å². The molecule has 0 fully saturated rings. The molecule has 56 valence electrons. The number of nitrogens with zero attached hydrogens (tertiary/aromatic N) is 1. The standard InChI is InChI=1S/C7H12N2S/c1-5(2)6-3-8-7(10)9-4-6/h3-5,7-8,10H,1-2H3. The van der Waals surface area contributed by atoms with Crippen molar-refractivity contribution in [2.24, 2.45) is 10.9 Å². The van der Waals surface area contributed by atoms with E-state index in [4.69, 9.17) is 0 Å². The van der Waals surface area contributed by atoms with Gasteiger partial charge in [-0.3, -0.25) is 4.99 Å². The summed E-state index contributed by atoms with van der Waals surface area (Å²) in [5, 5.41) is 3.02. The van der Waals surface area contributed by atoms with Gasteiger partial charge in [-0.2, -0.15) is 0 Å². The van der Waals surface area contributed by atoms with Crippen molar-refractivity contribution in [3.8, 4) is 0 Å². The maximum absolute atomic E-state index is 4.12. The Morgan fingerprint density at radius 1 is 1.70 bits per heavy atom. The highest BCUT2D eigenvalue weighted by molar-refractivity contribution is 7.80. The Morgan fingerprint density at radius 2 is 2.40 bits per heavy atom. The van der Waals surface area contributed by atoms with Gasteiger partial charge in [-0.15, -0.1) is 12.6 Å². The molecule has 0 spiro atoms. The first kappa shape index (κ1) is 7.66. The Kier molecular flexibility index (Phi) is 2.38. The molecule has 1 aliphatic rings. The van der Waals surface area contributed by atoms with Gasteiger partial charge in [0.2, 0.25) is 0 Å². The van der Waals surface area contributed by atoms with Crippen LogP contribution in [0.5, 0.6) is 0 Å². The van der Waals surface area contributed by atoms with Gasteiger partial charge >= 0.3 is 0 Å². The van der Waals surface area contributed by atoms with Gasteiger partial charge in [-0.05, 0) is 11.5 Å². The zero-order valence-electron chi connectivity index (χ0n) is 6.20. The van der Waals surface area contributed by atoms with E-state index in [0.717, 1.165) is 0 Å². The van der Waals surface area contributed by atoms with Crippen LogP contribution in [0.3, 0.4) is 0 Å². The summed E-state index contributed by atoms with van der Waals surface area (Å²) in [4.78, 5) is 4.09. The highest BCUT2D eigenvalue weighted by Crippen LogP contribution is 2.09. The summed E-state index contributed by atoms with van der Waals surface area (Å²) in [7, 11) is 0. The summed E-state index contributed by atoms with van der Waals surface area (Å²) in [6.45, 7) is 4.27. The summed E-state index contributed by atoms with van der Waals surface area (Å²) in [5.74, 6) is 0.539. The molecule has 0 bridgehead atoms. The summed E-state index contributed by atoms with van der Waals surface area (Å²) in [6, 6.07) is 0. The van der Waals surface area contributed by atoms with E-state index in [-0.39, 0.29) is 5.50 Å². The molecule has 0 saturated heterocycles. The number of thiol groups is 1. The number of hydrogen-bond acceptors (Lipinski definition) is 3. The van der Waals surface area contributed by atoms with Crippen molar-refractivity contribution in [1.29, 1.82) is 0 Å². The molecule has 10 heavy (non-hydrogen) atoms. The van der Waals surface area contributed by atoms with Gasteiger partial charge in [-0.1, -0.05) is 13.8 Å². The van der Waals surface area contributed by atoms with Crippen molar-refractivity contribution < 1.29 is 0 Å². The maximum Gasteiger partial charge on any atom is 0.163 e. The Balaban J connectivity index is 2.59. The molecule has 1 atom stereocenters. The molecule has 2 nitrogen and oxygen atoms in total. The van der Waals surface area contributed by atoms with E-state index in [2.05, 4.69) is 36.8 Å². The molecule has 0 saturated carbocycles. The van der Waals surface area contributed by atoms with Crippen LogP contribution in [0.2, 0.25) is 0 Å². The molecule has 1 N–H and O–H groups in total. The normalized spacial score (nSPS) is 24.4. The Bertz CT molecular complexity index is 172. The Morgan fingerprint density at radius 3 is 2.80 bits per heavy atom. The van der Waals surface area contributed by atoms with Crippen molar-refractivity contribution in [3.05, 3.63) is 11.8 Å². The number of rotatable bonds is 1. The van der Waals surface area contributed by atoms with Crippen LogP contribution < -0.4 is 5.32 Å². The van der Waals surface area contributed by atoms with E-state index < -0.39 is 0 Å². The SMILES string of the molecule is CC(C)C1=CNC(S)N=C1. The van der Waals surface area contributed by atoms with E-state index in [1.807, 2.05) is 12.4 Å². The number of hydrogen-bond donors (Lipinski definition) is 2. The topological polar surface area (TPSA) is 24.4 Å². The molecular formula is C7H12N2S. The minimum Gasteiger partial charge on any atom is -0.361 e. The lowest BCUT2D eigenvalue weighted by Gasteiger charge is -2.14. The van der Waals surface area contributed by atoms with Gasteiger partial charge in [0.15, 0.2) is 5.50 Å². The van der Waals surface area contributed by atoms with Crippen molar-refractivity contribution in [1.82, 2.24) is 5.32 Å². The van der Waals surface area contributed by atoms with Crippen LogP contribution in [0.4, 0.5) is 0 Å². The van der Waals surface area contributed by atoms with Gasteiger partial charge < -0.3 is 5.32 Å². The molecule has 0 radical (unpaired) electrons. The predicted octanol–water partition coefficient (Wildman–Crippen LogP) is 1.41. The smallest absolute Gasteiger partial charge is 0.163 e. The van der Waals surface area contributed by atoms with Crippen LogP contribution in [0, 0.1) is 5.92 Å². The number of allylic oxidation sites excluding steroid dienone is 1. The minimum absolute atomic E-state index is 0.0532. The molecule has 0 aromatic rings. The van der Waals surface area contributed by atoms with Gasteiger partial charge in [0, 0.05) is 12.4 Å². The molecule has 0 amide bonds. The van der Waals surface area contributed by atoms with Crippen molar-refractivity contribution >= 4 is 18.8 Å². The molecule has 1 rings (SSSR count). The third kappa shape index (κ3) is 1.77. The molecule has 1 aliphatic heterocycles. The number of aliphatic imine (C=N–C) groups is 1. The largest absolute Gasteiger partial charge is 0.361 e. The molecule has 0 aromatic carbocycles. The summed E-state index contributed by atoms with van der Waals surface area (Å²) in [6.07, 6.45) is 3.84. The second-order valence-corrected chi connectivity index (χ2v) is 3.11. The van der Waals surface area contributed by atoms with Crippen molar-refractivity contribution in [3.63, 3.8) is 0 Å². The van der Waals surface area contributed by atoms with Gasteiger partial charge in [-0.25, -0.2) is 0 Å². The third-order valence-corrected chi connectivity index (χ3v) is 1.71. The molecule has 0 aliphatic carbocycles. The molecular weight excluding hydrogens is 144 g/mol. The van der Waals surface area contributed by atoms with Gasteiger partial charge in [0.05, 0.1) is 0 Å². The van der Waals surface area contributed by atoms with E-state index >= 15 is 0 Å². The van der Waals surface area contributed by atoms with Gasteiger partial charge in [0.1, 0.15) is 0 Å². The van der Waals surface area contributed by atoms with Crippen LogP contribution >= 0.6 is 12.6 Å². The van der Waals surface area contributed by atoms with Crippen LogP contribution in [-0.2, 0) is 0 Å². The summed E-state index contributed by atoms with van der Waals surface area (Å²) >= 11 is 4.12. The second kappa shape index (κ2) is 3.10. The first-order valence-corrected chi connectivity index (χ1v) is 3.89. The lowest BCUT2D eigenvalue weighted by molar-refractivity contribution is 0.746. The van der Waals surface area contributed by atoms with Crippen LogP contribution in [-0.4, -0.2) is 11.7 Å². The van der Waals surface area contributed by atoms with Gasteiger partial charge in [0.25, 0.3) is 0 Å². The summed E-state index contributed by atoms with van der Waals surface area (Å²) in [5.41, 5.74) is 1.17. The fourth-order valence-electron chi connectivity index (χ4n) is 0.723. The maximum atomic E-state index is 4.12. The highest BCUT2D eigenvalue weighted by atomic mass is 32.1. The van der Waals surface area contributed by atoms with Crippen molar-refractivity contribution in [2.45, 2.75) is 19.3 Å².